The van der Waals surface area contributed by atoms with E-state index in [1.807, 2.05) is 6.92 Å². The third-order valence-corrected chi connectivity index (χ3v) is 8.43. The number of rotatable bonds is 9. The van der Waals surface area contributed by atoms with Crippen molar-refractivity contribution < 1.29 is 26.3 Å². The standard InChI is InChI=1S/C22H30N2O6S2/c1-3-29-21-14-13-20(17-22(21)30-4-2)31(25,26)23-18-9-11-19(12-10-18)32(27,28)24-15-7-5-6-8-16-24/h9-14,17,23H,3-8,15-16H2,1-2H3. The number of hydrogen-bond donors (Lipinski definition) is 1. The summed E-state index contributed by atoms with van der Waals surface area (Å²) in [6.07, 6.45) is 3.76. The number of benzene rings is 2. The first-order valence-electron chi connectivity index (χ1n) is 10.8. The Morgan fingerprint density at radius 3 is 1.94 bits per heavy atom. The van der Waals surface area contributed by atoms with Gasteiger partial charge < -0.3 is 9.47 Å². The van der Waals surface area contributed by atoms with Crippen molar-refractivity contribution in [2.45, 2.75) is 49.3 Å². The van der Waals surface area contributed by atoms with Crippen LogP contribution in [0.5, 0.6) is 11.5 Å². The van der Waals surface area contributed by atoms with E-state index in [-0.39, 0.29) is 15.5 Å². The zero-order chi connectivity index (χ0) is 23.2. The van der Waals surface area contributed by atoms with Gasteiger partial charge in [-0.2, -0.15) is 4.31 Å². The molecule has 0 radical (unpaired) electrons. The Morgan fingerprint density at radius 1 is 0.781 bits per heavy atom. The molecular formula is C22H30N2O6S2. The maximum absolute atomic E-state index is 12.9. The molecule has 1 fully saturated rings. The van der Waals surface area contributed by atoms with Gasteiger partial charge in [0.25, 0.3) is 10.0 Å². The molecule has 2 aromatic carbocycles. The number of ether oxygens (including phenoxy) is 2. The van der Waals surface area contributed by atoms with Gasteiger partial charge in [-0.3, -0.25) is 4.72 Å². The molecule has 1 aliphatic rings. The summed E-state index contributed by atoms with van der Waals surface area (Å²) >= 11 is 0. The number of anilines is 1. The van der Waals surface area contributed by atoms with Crippen molar-refractivity contribution in [1.29, 1.82) is 0 Å². The van der Waals surface area contributed by atoms with Crippen molar-refractivity contribution in [3.05, 3.63) is 42.5 Å². The molecule has 3 rings (SSSR count). The van der Waals surface area contributed by atoms with Crippen molar-refractivity contribution in [1.82, 2.24) is 4.31 Å². The topological polar surface area (TPSA) is 102 Å². The van der Waals surface area contributed by atoms with Crippen molar-refractivity contribution in [3.63, 3.8) is 0 Å². The summed E-state index contributed by atoms with van der Waals surface area (Å²) in [6, 6.07) is 10.2. The Morgan fingerprint density at radius 2 is 1.34 bits per heavy atom. The van der Waals surface area contributed by atoms with Gasteiger partial charge in [-0.05, 0) is 63.1 Å². The fourth-order valence-corrected chi connectivity index (χ4v) is 6.13. The van der Waals surface area contributed by atoms with E-state index in [1.165, 1.54) is 40.7 Å². The van der Waals surface area contributed by atoms with Gasteiger partial charge in [0, 0.05) is 24.8 Å². The maximum atomic E-state index is 12.9. The highest BCUT2D eigenvalue weighted by Crippen LogP contribution is 2.31. The van der Waals surface area contributed by atoms with Crippen LogP contribution in [0.15, 0.2) is 52.3 Å². The predicted octanol–water partition coefficient (Wildman–Crippen LogP) is 3.85. The molecule has 32 heavy (non-hydrogen) atoms. The molecule has 0 aliphatic carbocycles. The fraction of sp³-hybridized carbons (Fsp3) is 0.455. The van der Waals surface area contributed by atoms with Crippen LogP contribution < -0.4 is 14.2 Å². The van der Waals surface area contributed by atoms with Crippen LogP contribution in [0.1, 0.15) is 39.5 Å². The second-order valence-electron chi connectivity index (χ2n) is 7.42. The van der Waals surface area contributed by atoms with Crippen LogP contribution in [0.25, 0.3) is 0 Å². The van der Waals surface area contributed by atoms with E-state index in [1.54, 1.807) is 13.0 Å². The van der Waals surface area contributed by atoms with Crippen LogP contribution >= 0.6 is 0 Å². The van der Waals surface area contributed by atoms with Crippen molar-refractivity contribution in [2.24, 2.45) is 0 Å². The molecule has 0 saturated carbocycles. The molecule has 0 amide bonds. The Bertz CT molecular complexity index is 1110. The maximum Gasteiger partial charge on any atom is 0.262 e. The van der Waals surface area contributed by atoms with Gasteiger partial charge in [0.1, 0.15) is 0 Å². The first-order chi connectivity index (χ1) is 15.3. The largest absolute Gasteiger partial charge is 0.490 e. The Balaban J connectivity index is 1.79. The third-order valence-electron chi connectivity index (χ3n) is 5.13. The first-order valence-corrected chi connectivity index (χ1v) is 13.7. The van der Waals surface area contributed by atoms with Gasteiger partial charge in [0.15, 0.2) is 11.5 Å². The minimum atomic E-state index is -3.90. The quantitative estimate of drug-likeness (QED) is 0.582. The molecule has 1 aliphatic heterocycles. The monoisotopic (exact) mass is 482 g/mol. The van der Waals surface area contributed by atoms with E-state index in [4.69, 9.17) is 9.47 Å². The summed E-state index contributed by atoms with van der Waals surface area (Å²) in [5, 5.41) is 0. The minimum Gasteiger partial charge on any atom is -0.490 e. The van der Waals surface area contributed by atoms with E-state index in [0.29, 0.717) is 37.8 Å². The number of sulfonamides is 2. The van der Waals surface area contributed by atoms with Crippen molar-refractivity contribution in [2.75, 3.05) is 31.0 Å². The molecule has 0 atom stereocenters. The highest BCUT2D eigenvalue weighted by atomic mass is 32.2. The van der Waals surface area contributed by atoms with E-state index in [9.17, 15) is 16.8 Å². The second-order valence-corrected chi connectivity index (χ2v) is 11.0. The first kappa shape index (κ1) is 24.3. The normalized spacial score (nSPS) is 15.7. The van der Waals surface area contributed by atoms with Crippen LogP contribution in [0.3, 0.4) is 0 Å². The third kappa shape index (κ3) is 5.73. The molecule has 176 valence electrons. The molecule has 2 aromatic rings. The molecular weight excluding hydrogens is 452 g/mol. The van der Waals surface area contributed by atoms with Crippen LogP contribution in [-0.2, 0) is 20.0 Å². The van der Waals surface area contributed by atoms with Crippen LogP contribution in [0, 0.1) is 0 Å². The van der Waals surface area contributed by atoms with Gasteiger partial charge in [-0.25, -0.2) is 16.8 Å². The number of nitrogens with zero attached hydrogens (tertiary/aromatic N) is 1. The number of nitrogens with one attached hydrogen (secondary N) is 1. The van der Waals surface area contributed by atoms with Crippen molar-refractivity contribution in [3.8, 4) is 11.5 Å². The van der Waals surface area contributed by atoms with E-state index < -0.39 is 20.0 Å². The molecule has 1 saturated heterocycles. The second kappa shape index (κ2) is 10.5. The minimum absolute atomic E-state index is 0.0191. The lowest BCUT2D eigenvalue weighted by atomic mass is 10.2. The van der Waals surface area contributed by atoms with E-state index >= 15 is 0 Å². The van der Waals surface area contributed by atoms with Gasteiger partial charge in [-0.1, -0.05) is 12.8 Å². The molecule has 0 aromatic heterocycles. The Labute approximate surface area is 190 Å². The summed E-state index contributed by atoms with van der Waals surface area (Å²) in [4.78, 5) is 0.174. The smallest absolute Gasteiger partial charge is 0.262 e. The molecule has 0 bridgehead atoms. The summed E-state index contributed by atoms with van der Waals surface area (Å²) in [6.45, 7) is 5.45. The summed E-state index contributed by atoms with van der Waals surface area (Å²) in [7, 11) is -7.50. The highest BCUT2D eigenvalue weighted by molar-refractivity contribution is 7.92. The zero-order valence-corrected chi connectivity index (χ0v) is 20.0. The highest BCUT2D eigenvalue weighted by Gasteiger charge is 2.25. The molecule has 1 heterocycles. The lowest BCUT2D eigenvalue weighted by Gasteiger charge is -2.20. The van der Waals surface area contributed by atoms with E-state index in [2.05, 4.69) is 4.72 Å². The van der Waals surface area contributed by atoms with Gasteiger partial charge in [-0.15, -0.1) is 0 Å². The number of hydrogen-bond acceptors (Lipinski definition) is 6. The summed E-state index contributed by atoms with van der Waals surface area (Å²) < 4.78 is 66.5. The fourth-order valence-electron chi connectivity index (χ4n) is 3.54. The molecule has 8 nitrogen and oxygen atoms in total. The van der Waals surface area contributed by atoms with Gasteiger partial charge >= 0.3 is 0 Å². The lowest BCUT2D eigenvalue weighted by Crippen LogP contribution is -2.31. The predicted molar refractivity (Wildman–Crippen MR) is 123 cm³/mol. The van der Waals surface area contributed by atoms with Gasteiger partial charge in [0.2, 0.25) is 10.0 Å². The van der Waals surface area contributed by atoms with Crippen LogP contribution in [-0.4, -0.2) is 47.4 Å². The molecule has 0 spiro atoms. The molecule has 10 heteroatoms. The van der Waals surface area contributed by atoms with Crippen LogP contribution in [0.2, 0.25) is 0 Å². The van der Waals surface area contributed by atoms with Gasteiger partial charge in [0.05, 0.1) is 23.0 Å². The van der Waals surface area contributed by atoms with Crippen molar-refractivity contribution >= 4 is 25.7 Å². The Kier molecular flexibility index (Phi) is 8.02. The summed E-state index contributed by atoms with van der Waals surface area (Å²) in [5.74, 6) is 0.812. The SMILES string of the molecule is CCOc1ccc(S(=O)(=O)Nc2ccc(S(=O)(=O)N3CCCCCC3)cc2)cc1OCC. The summed E-state index contributed by atoms with van der Waals surface area (Å²) in [5.41, 5.74) is 0.270. The lowest BCUT2D eigenvalue weighted by molar-refractivity contribution is 0.287. The Hall–Kier alpha value is -2.30. The average Bonchev–Trinajstić information content (AvgIpc) is 3.06. The average molecular weight is 483 g/mol. The zero-order valence-electron chi connectivity index (χ0n) is 18.4. The molecule has 1 N–H and O–H groups in total. The van der Waals surface area contributed by atoms with Crippen LogP contribution in [0.4, 0.5) is 5.69 Å². The molecule has 0 unspecified atom stereocenters. The van der Waals surface area contributed by atoms with E-state index in [0.717, 1.165) is 25.7 Å².